The molecular formula is C15H18N2O3. The molecule has 0 atom stereocenters. The van der Waals surface area contributed by atoms with Crippen molar-refractivity contribution < 1.29 is 14.3 Å². The van der Waals surface area contributed by atoms with E-state index in [0.717, 1.165) is 11.1 Å². The maximum absolute atomic E-state index is 12.3. The Hall–Kier alpha value is -2.32. The van der Waals surface area contributed by atoms with E-state index in [1.165, 1.54) is 12.0 Å². The molecule has 5 nitrogen and oxygen atoms in total. The molecule has 0 heterocycles. The Labute approximate surface area is 118 Å². The highest BCUT2D eigenvalue weighted by molar-refractivity contribution is 5.97. The van der Waals surface area contributed by atoms with Crippen LogP contribution >= 0.6 is 0 Å². The number of nitrogens with two attached hydrogens (primary N) is 1. The number of benzene rings is 1. The van der Waals surface area contributed by atoms with Crippen LogP contribution < -0.4 is 5.73 Å². The molecule has 20 heavy (non-hydrogen) atoms. The largest absolute Gasteiger partial charge is 0.468 e. The van der Waals surface area contributed by atoms with Gasteiger partial charge in [-0.25, -0.2) is 0 Å². The number of nitrogens with zero attached hydrogens (tertiary/aromatic N) is 1. The number of carbonyl (C=O) groups is 2. The van der Waals surface area contributed by atoms with Crippen molar-refractivity contribution in [3.63, 3.8) is 0 Å². The van der Waals surface area contributed by atoms with Crippen LogP contribution in [0, 0.1) is 18.8 Å². The molecule has 0 bridgehead atoms. The van der Waals surface area contributed by atoms with Gasteiger partial charge in [0, 0.05) is 18.2 Å². The summed E-state index contributed by atoms with van der Waals surface area (Å²) in [4.78, 5) is 24.8. The summed E-state index contributed by atoms with van der Waals surface area (Å²) in [6, 6.07) is 5.29. The van der Waals surface area contributed by atoms with Gasteiger partial charge in [-0.3, -0.25) is 9.59 Å². The Bertz CT molecular complexity index is 570. The first-order valence-corrected chi connectivity index (χ1v) is 6.12. The van der Waals surface area contributed by atoms with Crippen molar-refractivity contribution in [2.75, 3.05) is 27.2 Å². The van der Waals surface area contributed by atoms with Crippen molar-refractivity contribution >= 4 is 11.9 Å². The van der Waals surface area contributed by atoms with Crippen LogP contribution in [-0.2, 0) is 9.53 Å². The predicted octanol–water partition coefficient (Wildman–Crippen LogP) is 0.550. The highest BCUT2D eigenvalue weighted by Crippen LogP contribution is 2.14. The molecule has 1 amide bonds. The lowest BCUT2D eigenvalue weighted by atomic mass is 10.0. The Balaban J connectivity index is 3.02. The molecule has 0 aliphatic rings. The molecular weight excluding hydrogens is 256 g/mol. The van der Waals surface area contributed by atoms with E-state index in [9.17, 15) is 9.59 Å². The fraction of sp³-hybridized carbons (Fsp3) is 0.333. The lowest BCUT2D eigenvalue weighted by molar-refractivity contribution is -0.141. The van der Waals surface area contributed by atoms with E-state index in [2.05, 4.69) is 16.6 Å². The topological polar surface area (TPSA) is 72.6 Å². The van der Waals surface area contributed by atoms with E-state index in [-0.39, 0.29) is 19.0 Å². The van der Waals surface area contributed by atoms with E-state index >= 15 is 0 Å². The Morgan fingerprint density at radius 2 is 2.10 bits per heavy atom. The number of likely N-dealkylation sites (N-methyl/N-ethyl adjacent to an activating group) is 1. The molecule has 0 unspecified atom stereocenters. The van der Waals surface area contributed by atoms with Crippen LogP contribution in [0.15, 0.2) is 18.2 Å². The van der Waals surface area contributed by atoms with Crippen LogP contribution in [0.5, 0.6) is 0 Å². The molecule has 0 aliphatic heterocycles. The van der Waals surface area contributed by atoms with Crippen molar-refractivity contribution in [3.05, 3.63) is 34.9 Å². The van der Waals surface area contributed by atoms with E-state index in [1.54, 1.807) is 19.2 Å². The third kappa shape index (κ3) is 3.84. The molecule has 0 fully saturated rings. The third-order valence-electron chi connectivity index (χ3n) is 2.83. The van der Waals surface area contributed by atoms with Crippen molar-refractivity contribution in [3.8, 4) is 11.8 Å². The van der Waals surface area contributed by atoms with Gasteiger partial charge < -0.3 is 15.4 Å². The molecule has 5 heteroatoms. The smallest absolute Gasteiger partial charge is 0.325 e. The molecule has 0 saturated carbocycles. The van der Waals surface area contributed by atoms with Crippen molar-refractivity contribution in [1.82, 2.24) is 4.90 Å². The normalized spacial score (nSPS) is 9.40. The third-order valence-corrected chi connectivity index (χ3v) is 2.83. The van der Waals surface area contributed by atoms with Gasteiger partial charge in [-0.1, -0.05) is 17.9 Å². The Kier molecular flexibility index (Phi) is 5.75. The first-order chi connectivity index (χ1) is 9.51. The summed E-state index contributed by atoms with van der Waals surface area (Å²) in [6.45, 7) is 1.99. The van der Waals surface area contributed by atoms with E-state index < -0.39 is 5.97 Å². The van der Waals surface area contributed by atoms with Crippen LogP contribution in [0.25, 0.3) is 0 Å². The fourth-order valence-corrected chi connectivity index (χ4v) is 1.68. The predicted molar refractivity (Wildman–Crippen MR) is 76.1 cm³/mol. The molecule has 106 valence electrons. The summed E-state index contributed by atoms with van der Waals surface area (Å²) in [5.74, 6) is 4.98. The summed E-state index contributed by atoms with van der Waals surface area (Å²) < 4.78 is 4.54. The number of rotatable bonds is 3. The van der Waals surface area contributed by atoms with Gasteiger partial charge in [0.1, 0.15) is 6.54 Å². The average Bonchev–Trinajstić information content (AvgIpc) is 2.45. The molecule has 1 aromatic carbocycles. The van der Waals surface area contributed by atoms with Gasteiger partial charge in [-0.05, 0) is 24.6 Å². The molecule has 1 aromatic rings. The Morgan fingerprint density at radius 3 is 2.70 bits per heavy atom. The number of methoxy groups -OCH3 is 1. The first-order valence-electron chi connectivity index (χ1n) is 6.12. The second-order valence-electron chi connectivity index (χ2n) is 4.22. The first kappa shape index (κ1) is 15.7. The highest BCUT2D eigenvalue weighted by atomic mass is 16.5. The molecule has 0 radical (unpaired) electrons. The van der Waals surface area contributed by atoms with Crippen LogP contribution in [-0.4, -0.2) is 44.0 Å². The van der Waals surface area contributed by atoms with Gasteiger partial charge in [-0.2, -0.15) is 0 Å². The molecule has 0 spiro atoms. The van der Waals surface area contributed by atoms with Crippen LogP contribution in [0.1, 0.15) is 21.5 Å². The summed E-state index contributed by atoms with van der Waals surface area (Å²) in [7, 11) is 2.84. The lowest BCUT2D eigenvalue weighted by Gasteiger charge is -2.17. The maximum atomic E-state index is 12.3. The quantitative estimate of drug-likeness (QED) is 0.645. The van der Waals surface area contributed by atoms with Crippen LogP contribution in [0.2, 0.25) is 0 Å². The highest BCUT2D eigenvalue weighted by Gasteiger charge is 2.17. The monoisotopic (exact) mass is 274 g/mol. The van der Waals surface area contributed by atoms with Crippen LogP contribution in [0.4, 0.5) is 0 Å². The van der Waals surface area contributed by atoms with Gasteiger partial charge in [0.2, 0.25) is 0 Å². The van der Waals surface area contributed by atoms with Crippen molar-refractivity contribution in [1.29, 1.82) is 0 Å². The number of hydrogen-bond acceptors (Lipinski definition) is 4. The number of ether oxygens (including phenoxy) is 1. The van der Waals surface area contributed by atoms with Gasteiger partial charge >= 0.3 is 5.97 Å². The van der Waals surface area contributed by atoms with E-state index in [4.69, 9.17) is 5.73 Å². The number of amides is 1. The van der Waals surface area contributed by atoms with E-state index in [0.29, 0.717) is 5.56 Å². The van der Waals surface area contributed by atoms with Crippen molar-refractivity contribution in [2.45, 2.75) is 6.92 Å². The number of esters is 1. The lowest BCUT2D eigenvalue weighted by Crippen LogP contribution is -2.33. The van der Waals surface area contributed by atoms with Gasteiger partial charge in [0.05, 0.1) is 13.7 Å². The molecule has 0 aromatic heterocycles. The summed E-state index contributed by atoms with van der Waals surface area (Å²) in [6.07, 6.45) is 0. The van der Waals surface area contributed by atoms with Gasteiger partial charge in [0.15, 0.2) is 0 Å². The maximum Gasteiger partial charge on any atom is 0.325 e. The zero-order valence-electron chi connectivity index (χ0n) is 11.9. The number of hydrogen-bond donors (Lipinski definition) is 1. The zero-order valence-corrected chi connectivity index (χ0v) is 11.9. The summed E-state index contributed by atoms with van der Waals surface area (Å²) >= 11 is 0. The second kappa shape index (κ2) is 7.31. The molecule has 2 N–H and O–H groups in total. The fourth-order valence-electron chi connectivity index (χ4n) is 1.68. The van der Waals surface area contributed by atoms with Crippen molar-refractivity contribution in [2.24, 2.45) is 5.73 Å². The van der Waals surface area contributed by atoms with E-state index in [1.807, 2.05) is 13.0 Å². The Morgan fingerprint density at radius 1 is 1.40 bits per heavy atom. The molecule has 1 rings (SSSR count). The molecule has 0 saturated heterocycles. The standard InChI is InChI=1S/C15H18N2O3/c1-11-12(7-5-9-16)6-4-8-13(11)15(19)17(2)10-14(18)20-3/h4,6,8H,9-10,16H2,1-3H3. The zero-order chi connectivity index (χ0) is 15.1. The molecule has 0 aliphatic carbocycles. The minimum absolute atomic E-state index is 0.0898. The summed E-state index contributed by atoms with van der Waals surface area (Å²) in [5, 5.41) is 0. The minimum atomic E-state index is -0.461. The SMILES string of the molecule is COC(=O)CN(C)C(=O)c1cccc(C#CCN)c1C. The van der Waals surface area contributed by atoms with Crippen LogP contribution in [0.3, 0.4) is 0 Å². The second-order valence-corrected chi connectivity index (χ2v) is 4.22. The van der Waals surface area contributed by atoms with Gasteiger partial charge in [0.25, 0.3) is 5.91 Å². The summed E-state index contributed by atoms with van der Waals surface area (Å²) in [5.41, 5.74) is 7.39. The minimum Gasteiger partial charge on any atom is -0.468 e. The number of carbonyl (C=O) groups excluding carboxylic acids is 2. The average molecular weight is 274 g/mol. The van der Waals surface area contributed by atoms with Gasteiger partial charge in [-0.15, -0.1) is 0 Å².